The molecule has 0 aliphatic heterocycles. The van der Waals surface area contributed by atoms with Crippen molar-refractivity contribution < 1.29 is 4.79 Å². The summed E-state index contributed by atoms with van der Waals surface area (Å²) in [7, 11) is 0. The molecule has 24 heavy (non-hydrogen) atoms. The number of anilines is 1. The van der Waals surface area contributed by atoms with Gasteiger partial charge in [-0.25, -0.2) is 9.50 Å². The summed E-state index contributed by atoms with van der Waals surface area (Å²) in [5.41, 5.74) is 2.91. The van der Waals surface area contributed by atoms with Gasteiger partial charge in [0.25, 0.3) is 5.78 Å². The number of nitrogens with zero attached hydrogens (tertiary/aromatic N) is 5. The van der Waals surface area contributed by atoms with Gasteiger partial charge in [0.2, 0.25) is 11.1 Å². The highest BCUT2D eigenvalue weighted by atomic mass is 32.2. The fourth-order valence-electron chi connectivity index (χ4n) is 2.20. The highest BCUT2D eigenvalue weighted by Gasteiger charge is 2.11. The molecular weight excluding hydrogens is 324 g/mol. The minimum Gasteiger partial charge on any atom is -0.325 e. The lowest BCUT2D eigenvalue weighted by molar-refractivity contribution is -0.113. The standard InChI is InChI=1S/C16H14N6OS/c1-10-6-11(2)22-15(18-10)20-16(21-22)24-9-14(23)19-13-5-3-4-12(7-13)8-17/h3-7H,9H2,1-2H3,(H,19,23). The van der Waals surface area contributed by atoms with E-state index in [0.29, 0.717) is 22.2 Å². The number of nitriles is 1. The smallest absolute Gasteiger partial charge is 0.253 e. The largest absolute Gasteiger partial charge is 0.325 e. The van der Waals surface area contributed by atoms with Gasteiger partial charge in [-0.05, 0) is 38.1 Å². The SMILES string of the molecule is Cc1cc(C)n2nc(SCC(=O)Nc3cccc(C#N)c3)nc2n1. The van der Waals surface area contributed by atoms with E-state index in [0.717, 1.165) is 11.4 Å². The molecule has 120 valence electrons. The lowest BCUT2D eigenvalue weighted by Gasteiger charge is -2.03. The number of carbonyl (C=O) groups is 1. The molecule has 1 amide bonds. The van der Waals surface area contributed by atoms with Gasteiger partial charge < -0.3 is 5.32 Å². The van der Waals surface area contributed by atoms with Crippen LogP contribution in [0.15, 0.2) is 35.5 Å². The number of amides is 1. The minimum atomic E-state index is -0.185. The third-order valence-electron chi connectivity index (χ3n) is 3.21. The van der Waals surface area contributed by atoms with Crippen molar-refractivity contribution in [2.24, 2.45) is 0 Å². The summed E-state index contributed by atoms with van der Waals surface area (Å²) in [5.74, 6) is 0.512. The molecule has 0 saturated heterocycles. The van der Waals surface area contributed by atoms with E-state index in [4.69, 9.17) is 5.26 Å². The highest BCUT2D eigenvalue weighted by molar-refractivity contribution is 7.99. The van der Waals surface area contributed by atoms with Gasteiger partial charge in [0.05, 0.1) is 17.4 Å². The van der Waals surface area contributed by atoms with Crippen LogP contribution >= 0.6 is 11.8 Å². The second-order valence-corrected chi connectivity index (χ2v) is 6.12. The summed E-state index contributed by atoms with van der Waals surface area (Å²) >= 11 is 1.24. The van der Waals surface area contributed by atoms with Gasteiger partial charge in [-0.2, -0.15) is 10.2 Å². The van der Waals surface area contributed by atoms with Crippen LogP contribution in [-0.2, 0) is 4.79 Å². The molecule has 3 aromatic rings. The summed E-state index contributed by atoms with van der Waals surface area (Å²) < 4.78 is 1.66. The van der Waals surface area contributed by atoms with E-state index in [1.54, 1.807) is 28.8 Å². The Morgan fingerprint density at radius 3 is 2.96 bits per heavy atom. The Kier molecular flexibility index (Phi) is 4.44. The lowest BCUT2D eigenvalue weighted by atomic mass is 10.2. The van der Waals surface area contributed by atoms with Crippen LogP contribution in [0, 0.1) is 25.2 Å². The Hall–Kier alpha value is -2.92. The van der Waals surface area contributed by atoms with Crippen LogP contribution < -0.4 is 5.32 Å². The Morgan fingerprint density at radius 2 is 2.17 bits per heavy atom. The van der Waals surface area contributed by atoms with Crippen molar-refractivity contribution in [3.63, 3.8) is 0 Å². The summed E-state index contributed by atoms with van der Waals surface area (Å²) in [6, 6.07) is 10.7. The molecule has 8 heteroatoms. The van der Waals surface area contributed by atoms with E-state index >= 15 is 0 Å². The van der Waals surface area contributed by atoms with Crippen LogP contribution in [0.2, 0.25) is 0 Å². The van der Waals surface area contributed by atoms with Crippen LogP contribution in [0.1, 0.15) is 17.0 Å². The van der Waals surface area contributed by atoms with E-state index in [2.05, 4.69) is 20.4 Å². The third kappa shape index (κ3) is 3.52. The van der Waals surface area contributed by atoms with Crippen LogP contribution in [0.4, 0.5) is 5.69 Å². The minimum absolute atomic E-state index is 0.172. The summed E-state index contributed by atoms with van der Waals surface area (Å²) in [5, 5.41) is 16.5. The molecule has 0 aliphatic carbocycles. The summed E-state index contributed by atoms with van der Waals surface area (Å²) in [6.45, 7) is 3.83. The van der Waals surface area contributed by atoms with Gasteiger partial charge in [-0.1, -0.05) is 17.8 Å². The zero-order chi connectivity index (χ0) is 17.1. The number of carbonyl (C=O) groups excluding carboxylic acids is 1. The van der Waals surface area contributed by atoms with Crippen molar-refractivity contribution in [2.75, 3.05) is 11.1 Å². The van der Waals surface area contributed by atoms with Crippen molar-refractivity contribution >= 4 is 29.1 Å². The average Bonchev–Trinajstić information content (AvgIpc) is 2.96. The predicted octanol–water partition coefficient (Wildman–Crippen LogP) is 2.34. The maximum absolute atomic E-state index is 12.0. The topological polar surface area (TPSA) is 96.0 Å². The summed E-state index contributed by atoms with van der Waals surface area (Å²) in [6.07, 6.45) is 0. The number of benzene rings is 1. The van der Waals surface area contributed by atoms with E-state index in [9.17, 15) is 4.79 Å². The average molecular weight is 338 g/mol. The molecule has 0 fully saturated rings. The molecule has 0 saturated carbocycles. The molecule has 2 aromatic heterocycles. The predicted molar refractivity (Wildman–Crippen MR) is 90.8 cm³/mol. The van der Waals surface area contributed by atoms with E-state index in [-0.39, 0.29) is 11.7 Å². The third-order valence-corrected chi connectivity index (χ3v) is 4.04. The van der Waals surface area contributed by atoms with E-state index in [1.807, 2.05) is 26.0 Å². The maximum Gasteiger partial charge on any atom is 0.253 e. The number of aryl methyl sites for hydroxylation is 2. The molecule has 1 aromatic carbocycles. The molecule has 0 spiro atoms. The quantitative estimate of drug-likeness (QED) is 0.734. The van der Waals surface area contributed by atoms with Gasteiger partial charge in [0, 0.05) is 17.1 Å². The molecular formula is C16H14N6OS. The van der Waals surface area contributed by atoms with Crippen molar-refractivity contribution in [3.05, 3.63) is 47.3 Å². The molecule has 2 heterocycles. The van der Waals surface area contributed by atoms with Gasteiger partial charge in [-0.15, -0.1) is 5.10 Å². The molecule has 0 atom stereocenters. The molecule has 0 unspecified atom stereocenters. The number of thioether (sulfide) groups is 1. The highest BCUT2D eigenvalue weighted by Crippen LogP contribution is 2.16. The first-order valence-corrected chi connectivity index (χ1v) is 8.17. The van der Waals surface area contributed by atoms with Crippen molar-refractivity contribution in [1.29, 1.82) is 5.26 Å². The normalized spacial score (nSPS) is 10.5. The number of nitrogens with one attached hydrogen (secondary N) is 1. The first kappa shape index (κ1) is 16.0. The molecule has 1 N–H and O–H groups in total. The van der Waals surface area contributed by atoms with Crippen molar-refractivity contribution in [3.8, 4) is 6.07 Å². The maximum atomic E-state index is 12.0. The fourth-order valence-corrected chi connectivity index (χ4v) is 2.82. The van der Waals surface area contributed by atoms with E-state index < -0.39 is 0 Å². The van der Waals surface area contributed by atoms with Crippen molar-refractivity contribution in [1.82, 2.24) is 19.6 Å². The Balaban J connectivity index is 1.66. The monoisotopic (exact) mass is 338 g/mol. The number of rotatable bonds is 4. The van der Waals surface area contributed by atoms with E-state index in [1.165, 1.54) is 11.8 Å². The van der Waals surface area contributed by atoms with Crippen molar-refractivity contribution in [2.45, 2.75) is 19.0 Å². The number of aromatic nitrogens is 4. The number of fused-ring (bicyclic) bond motifs is 1. The molecule has 0 aliphatic rings. The van der Waals surface area contributed by atoms with Crippen LogP contribution in [0.5, 0.6) is 0 Å². The Bertz CT molecular complexity index is 959. The lowest BCUT2D eigenvalue weighted by Crippen LogP contribution is -2.14. The molecule has 3 rings (SSSR count). The zero-order valence-electron chi connectivity index (χ0n) is 13.1. The van der Waals surface area contributed by atoms with Crippen LogP contribution in [0.25, 0.3) is 5.78 Å². The molecule has 0 bridgehead atoms. The van der Waals surface area contributed by atoms with Gasteiger partial charge in [0.1, 0.15) is 0 Å². The first-order chi connectivity index (χ1) is 11.5. The second-order valence-electron chi connectivity index (χ2n) is 5.17. The fraction of sp³-hybridized carbons (Fsp3) is 0.188. The van der Waals surface area contributed by atoms with Gasteiger partial charge >= 0.3 is 0 Å². The van der Waals surface area contributed by atoms with Crippen LogP contribution in [-0.4, -0.2) is 31.2 Å². The zero-order valence-corrected chi connectivity index (χ0v) is 14.0. The Morgan fingerprint density at radius 1 is 1.33 bits per heavy atom. The number of hydrogen-bond donors (Lipinski definition) is 1. The van der Waals surface area contributed by atoms with Gasteiger partial charge in [-0.3, -0.25) is 4.79 Å². The summed E-state index contributed by atoms with van der Waals surface area (Å²) in [4.78, 5) is 20.7. The number of hydrogen-bond acceptors (Lipinski definition) is 6. The van der Waals surface area contributed by atoms with Gasteiger partial charge in [0.15, 0.2) is 0 Å². The molecule has 0 radical (unpaired) electrons. The molecule has 7 nitrogen and oxygen atoms in total. The second kappa shape index (κ2) is 6.68. The Labute approximate surface area is 142 Å². The van der Waals surface area contributed by atoms with Crippen LogP contribution in [0.3, 0.4) is 0 Å². The first-order valence-electron chi connectivity index (χ1n) is 7.19.